The van der Waals surface area contributed by atoms with Gasteiger partial charge in [0, 0.05) is 11.9 Å². The molecule has 1 aromatic heterocycles. The van der Waals surface area contributed by atoms with E-state index in [0.29, 0.717) is 11.4 Å². The number of carbonyl (C=O) groups is 1. The lowest BCUT2D eigenvalue weighted by atomic mass is 9.99. The van der Waals surface area contributed by atoms with Crippen molar-refractivity contribution in [3.63, 3.8) is 0 Å². The summed E-state index contributed by atoms with van der Waals surface area (Å²) in [6.45, 7) is 4.71. The Morgan fingerprint density at radius 3 is 2.95 bits per heavy atom. The first-order valence-corrected chi connectivity index (χ1v) is 7.96. The minimum Gasteiger partial charge on any atom is -0.468 e. The van der Waals surface area contributed by atoms with E-state index in [1.165, 1.54) is 7.11 Å². The van der Waals surface area contributed by atoms with Crippen LogP contribution < -0.4 is 5.32 Å². The summed E-state index contributed by atoms with van der Waals surface area (Å²) >= 11 is 7.60. The van der Waals surface area contributed by atoms with Crippen LogP contribution in [0.25, 0.3) is 0 Å². The lowest BCUT2D eigenvalue weighted by Crippen LogP contribution is -2.50. The number of pyridine rings is 1. The van der Waals surface area contributed by atoms with E-state index in [1.54, 1.807) is 24.0 Å². The number of nitrogens with one attached hydrogen (secondary N) is 1. The average molecular weight is 317 g/mol. The Hall–Kier alpha value is -0.780. The van der Waals surface area contributed by atoms with Crippen LogP contribution in [0, 0.1) is 0 Å². The van der Waals surface area contributed by atoms with Crippen LogP contribution in [0.4, 0.5) is 0 Å². The number of aromatic nitrogens is 1. The van der Waals surface area contributed by atoms with Gasteiger partial charge in [0.2, 0.25) is 0 Å². The van der Waals surface area contributed by atoms with Gasteiger partial charge in [-0.15, -0.1) is 11.8 Å². The molecule has 1 rings (SSSR count). The van der Waals surface area contributed by atoms with Crippen LogP contribution in [0.2, 0.25) is 5.02 Å². The molecule has 20 heavy (non-hydrogen) atoms. The second-order valence-electron chi connectivity index (χ2n) is 4.64. The highest BCUT2D eigenvalue weighted by atomic mass is 35.5. The molecule has 0 bridgehead atoms. The SMILES string of the molecule is CCCNC(C)(CCSc1ncccc1Cl)C(=O)OC. The second kappa shape index (κ2) is 8.49. The summed E-state index contributed by atoms with van der Waals surface area (Å²) in [6, 6.07) is 3.61. The molecule has 1 unspecified atom stereocenters. The van der Waals surface area contributed by atoms with Gasteiger partial charge in [-0.3, -0.25) is 4.79 Å². The summed E-state index contributed by atoms with van der Waals surface area (Å²) in [7, 11) is 1.41. The summed E-state index contributed by atoms with van der Waals surface area (Å²) in [5, 5.41) is 4.68. The molecule has 112 valence electrons. The van der Waals surface area contributed by atoms with E-state index in [-0.39, 0.29) is 5.97 Å². The molecule has 1 N–H and O–H groups in total. The molecular formula is C14H21ClN2O2S. The summed E-state index contributed by atoms with van der Waals surface area (Å²) in [5.41, 5.74) is -0.668. The third-order valence-electron chi connectivity index (χ3n) is 2.97. The molecule has 0 radical (unpaired) electrons. The highest BCUT2D eigenvalue weighted by Crippen LogP contribution is 2.26. The van der Waals surface area contributed by atoms with Gasteiger partial charge in [0.05, 0.1) is 12.1 Å². The molecule has 0 aliphatic rings. The molecule has 0 saturated carbocycles. The summed E-state index contributed by atoms with van der Waals surface area (Å²) in [4.78, 5) is 16.1. The van der Waals surface area contributed by atoms with Gasteiger partial charge in [0.15, 0.2) is 0 Å². The number of carbonyl (C=O) groups excluding carboxylic acids is 1. The van der Waals surface area contributed by atoms with Crippen LogP contribution in [0.3, 0.4) is 0 Å². The minimum absolute atomic E-state index is 0.237. The predicted octanol–water partition coefficient (Wildman–Crippen LogP) is 3.15. The van der Waals surface area contributed by atoms with E-state index in [9.17, 15) is 4.79 Å². The highest BCUT2D eigenvalue weighted by molar-refractivity contribution is 7.99. The Balaban J connectivity index is 2.58. The number of hydrogen-bond donors (Lipinski definition) is 1. The van der Waals surface area contributed by atoms with Crippen LogP contribution in [-0.4, -0.2) is 35.9 Å². The van der Waals surface area contributed by atoms with Gasteiger partial charge in [-0.25, -0.2) is 4.98 Å². The Morgan fingerprint density at radius 2 is 2.35 bits per heavy atom. The second-order valence-corrected chi connectivity index (χ2v) is 6.13. The Labute approximate surface area is 129 Å². The lowest BCUT2D eigenvalue weighted by molar-refractivity contribution is -0.148. The van der Waals surface area contributed by atoms with Crippen molar-refractivity contribution in [2.24, 2.45) is 0 Å². The molecule has 0 aromatic carbocycles. The molecule has 1 aromatic rings. The smallest absolute Gasteiger partial charge is 0.325 e. The molecule has 0 fully saturated rings. The Morgan fingerprint density at radius 1 is 1.60 bits per heavy atom. The van der Waals surface area contributed by atoms with E-state index >= 15 is 0 Å². The monoisotopic (exact) mass is 316 g/mol. The zero-order valence-corrected chi connectivity index (χ0v) is 13.7. The van der Waals surface area contributed by atoms with Crippen molar-refractivity contribution in [3.05, 3.63) is 23.4 Å². The summed E-state index contributed by atoms with van der Waals surface area (Å²) < 4.78 is 4.89. The summed E-state index contributed by atoms with van der Waals surface area (Å²) in [5.74, 6) is 0.498. The first kappa shape index (κ1) is 17.3. The van der Waals surface area contributed by atoms with Crippen LogP contribution in [0.5, 0.6) is 0 Å². The third kappa shape index (κ3) is 4.96. The minimum atomic E-state index is -0.668. The molecular weight excluding hydrogens is 296 g/mol. The van der Waals surface area contributed by atoms with Gasteiger partial charge in [-0.1, -0.05) is 18.5 Å². The van der Waals surface area contributed by atoms with Crippen molar-refractivity contribution < 1.29 is 9.53 Å². The van der Waals surface area contributed by atoms with Gasteiger partial charge >= 0.3 is 5.97 Å². The number of nitrogens with zero attached hydrogens (tertiary/aromatic N) is 1. The van der Waals surface area contributed by atoms with E-state index in [4.69, 9.17) is 16.3 Å². The van der Waals surface area contributed by atoms with Crippen LogP contribution >= 0.6 is 23.4 Å². The zero-order valence-electron chi connectivity index (χ0n) is 12.1. The number of halogens is 1. The fourth-order valence-electron chi connectivity index (χ4n) is 1.72. The van der Waals surface area contributed by atoms with E-state index in [1.807, 2.05) is 13.0 Å². The van der Waals surface area contributed by atoms with Crippen LogP contribution in [-0.2, 0) is 9.53 Å². The normalized spacial score (nSPS) is 13.8. The molecule has 1 heterocycles. The van der Waals surface area contributed by atoms with Crippen molar-refractivity contribution in [3.8, 4) is 0 Å². The number of rotatable bonds is 8. The zero-order chi connectivity index (χ0) is 15.0. The van der Waals surface area contributed by atoms with Crippen LogP contribution in [0.15, 0.2) is 23.4 Å². The molecule has 0 saturated heterocycles. The van der Waals surface area contributed by atoms with Crippen LogP contribution in [0.1, 0.15) is 26.7 Å². The Bertz CT molecular complexity index is 445. The first-order valence-electron chi connectivity index (χ1n) is 6.60. The maximum absolute atomic E-state index is 11.9. The molecule has 0 aliphatic carbocycles. The molecule has 0 spiro atoms. The van der Waals surface area contributed by atoms with E-state index < -0.39 is 5.54 Å². The number of thioether (sulfide) groups is 1. The maximum Gasteiger partial charge on any atom is 0.325 e. The third-order valence-corrected chi connectivity index (χ3v) is 4.39. The summed E-state index contributed by atoms with van der Waals surface area (Å²) in [6.07, 6.45) is 3.33. The van der Waals surface area contributed by atoms with Gasteiger partial charge < -0.3 is 10.1 Å². The van der Waals surface area contributed by atoms with E-state index in [0.717, 1.165) is 23.7 Å². The fraction of sp³-hybridized carbons (Fsp3) is 0.571. The highest BCUT2D eigenvalue weighted by Gasteiger charge is 2.33. The molecule has 0 aliphatic heterocycles. The molecule has 1 atom stereocenters. The topological polar surface area (TPSA) is 51.2 Å². The number of esters is 1. The van der Waals surface area contributed by atoms with Crippen molar-refractivity contribution in [2.45, 2.75) is 37.3 Å². The molecule has 6 heteroatoms. The first-order chi connectivity index (χ1) is 9.53. The van der Waals surface area contributed by atoms with E-state index in [2.05, 4.69) is 17.2 Å². The van der Waals surface area contributed by atoms with Crippen molar-refractivity contribution in [1.82, 2.24) is 10.3 Å². The lowest BCUT2D eigenvalue weighted by Gasteiger charge is -2.27. The fourth-order valence-corrected chi connectivity index (χ4v) is 3.05. The van der Waals surface area contributed by atoms with Gasteiger partial charge in [-0.05, 0) is 38.4 Å². The standard InChI is InChI=1S/C14H21ClN2O2S/c1-4-8-17-14(2,13(18)19-3)7-10-20-12-11(15)6-5-9-16-12/h5-6,9,17H,4,7-8,10H2,1-3H3. The predicted molar refractivity (Wildman–Crippen MR) is 83.3 cm³/mol. The maximum atomic E-state index is 11.9. The largest absolute Gasteiger partial charge is 0.468 e. The Kier molecular flexibility index (Phi) is 7.34. The number of methoxy groups -OCH3 is 1. The van der Waals surface area contributed by atoms with Gasteiger partial charge in [-0.2, -0.15) is 0 Å². The molecule has 4 nitrogen and oxygen atoms in total. The quantitative estimate of drug-likeness (QED) is 0.590. The number of hydrogen-bond acceptors (Lipinski definition) is 5. The average Bonchev–Trinajstić information content (AvgIpc) is 2.46. The van der Waals surface area contributed by atoms with Gasteiger partial charge in [0.1, 0.15) is 10.6 Å². The van der Waals surface area contributed by atoms with Crippen molar-refractivity contribution in [1.29, 1.82) is 0 Å². The van der Waals surface area contributed by atoms with Gasteiger partial charge in [0.25, 0.3) is 0 Å². The molecule has 0 amide bonds. The van der Waals surface area contributed by atoms with Crippen molar-refractivity contribution in [2.75, 3.05) is 19.4 Å². The van der Waals surface area contributed by atoms with Crippen molar-refractivity contribution >= 4 is 29.3 Å². The number of ether oxygens (including phenoxy) is 1.